The Hall–Kier alpha value is -1.59. The predicted molar refractivity (Wildman–Crippen MR) is 83.3 cm³/mol. The third-order valence-electron chi connectivity index (χ3n) is 2.83. The van der Waals surface area contributed by atoms with Crippen molar-refractivity contribution in [2.75, 3.05) is 12.4 Å². The van der Waals surface area contributed by atoms with E-state index in [0.717, 1.165) is 5.56 Å². The fraction of sp³-hybridized carbons (Fsp3) is 0.429. The van der Waals surface area contributed by atoms with Gasteiger partial charge in [0.1, 0.15) is 0 Å². The summed E-state index contributed by atoms with van der Waals surface area (Å²) in [5.41, 5.74) is 7.72. The number of nitrogens with one attached hydrogen (secondary N) is 2. The SMILES string of the molecule is CNC(=O)c1ccc(C)c(NC(=O)CCC(C)N)c1.Cl. The van der Waals surface area contributed by atoms with Crippen LogP contribution in [-0.2, 0) is 4.79 Å². The maximum absolute atomic E-state index is 11.8. The molecule has 1 atom stereocenters. The van der Waals surface area contributed by atoms with Crippen molar-refractivity contribution in [3.05, 3.63) is 29.3 Å². The van der Waals surface area contributed by atoms with Crippen molar-refractivity contribution in [2.24, 2.45) is 5.73 Å². The first-order valence-corrected chi connectivity index (χ1v) is 6.32. The summed E-state index contributed by atoms with van der Waals surface area (Å²) in [4.78, 5) is 23.3. The number of nitrogens with two attached hydrogens (primary N) is 1. The standard InChI is InChI=1S/C14H21N3O2.ClH/c1-9-4-6-11(14(19)16-3)8-12(9)17-13(18)7-5-10(2)15;/h4,6,8,10H,5,7,15H2,1-3H3,(H,16,19)(H,17,18);1H. The Balaban J connectivity index is 0.00000361. The van der Waals surface area contributed by atoms with Gasteiger partial charge in [0.2, 0.25) is 5.91 Å². The molecule has 0 aliphatic heterocycles. The van der Waals surface area contributed by atoms with E-state index in [1.807, 2.05) is 19.9 Å². The largest absolute Gasteiger partial charge is 0.355 e. The van der Waals surface area contributed by atoms with Crippen LogP contribution in [-0.4, -0.2) is 24.9 Å². The van der Waals surface area contributed by atoms with Crippen molar-refractivity contribution >= 4 is 29.9 Å². The normalized spacial score (nSPS) is 11.2. The number of anilines is 1. The van der Waals surface area contributed by atoms with Gasteiger partial charge in [-0.05, 0) is 38.0 Å². The van der Waals surface area contributed by atoms with Crippen LogP contribution in [0.1, 0.15) is 35.7 Å². The molecule has 0 saturated carbocycles. The monoisotopic (exact) mass is 299 g/mol. The molecule has 0 aromatic heterocycles. The molecule has 0 spiro atoms. The average Bonchev–Trinajstić information content (AvgIpc) is 2.38. The summed E-state index contributed by atoms with van der Waals surface area (Å²) in [5, 5.41) is 5.36. The molecule has 0 fully saturated rings. The van der Waals surface area contributed by atoms with Crippen molar-refractivity contribution in [2.45, 2.75) is 32.7 Å². The summed E-state index contributed by atoms with van der Waals surface area (Å²) >= 11 is 0. The number of carbonyl (C=O) groups is 2. The molecule has 4 N–H and O–H groups in total. The minimum atomic E-state index is -0.175. The fourth-order valence-corrected chi connectivity index (χ4v) is 1.61. The summed E-state index contributed by atoms with van der Waals surface area (Å²) < 4.78 is 0. The van der Waals surface area contributed by atoms with Gasteiger partial charge in [-0.3, -0.25) is 9.59 Å². The lowest BCUT2D eigenvalue weighted by molar-refractivity contribution is -0.116. The number of benzene rings is 1. The van der Waals surface area contributed by atoms with E-state index in [1.54, 1.807) is 19.2 Å². The summed E-state index contributed by atoms with van der Waals surface area (Å²) in [6.07, 6.45) is 1.02. The van der Waals surface area contributed by atoms with Crippen molar-refractivity contribution < 1.29 is 9.59 Å². The smallest absolute Gasteiger partial charge is 0.251 e. The zero-order valence-corrected chi connectivity index (χ0v) is 12.8. The average molecular weight is 300 g/mol. The van der Waals surface area contributed by atoms with Crippen LogP contribution in [0.4, 0.5) is 5.69 Å². The van der Waals surface area contributed by atoms with Crippen molar-refractivity contribution in [3.63, 3.8) is 0 Å². The van der Waals surface area contributed by atoms with Gasteiger partial charge < -0.3 is 16.4 Å². The van der Waals surface area contributed by atoms with Gasteiger partial charge in [-0.15, -0.1) is 12.4 Å². The Morgan fingerprint density at radius 1 is 1.35 bits per heavy atom. The second-order valence-corrected chi connectivity index (χ2v) is 4.67. The predicted octanol–water partition coefficient (Wildman–Crippen LogP) is 1.84. The highest BCUT2D eigenvalue weighted by Crippen LogP contribution is 2.17. The molecule has 2 amide bonds. The first-order valence-electron chi connectivity index (χ1n) is 6.32. The maximum atomic E-state index is 11.8. The van der Waals surface area contributed by atoms with Gasteiger partial charge in [-0.2, -0.15) is 0 Å². The molecule has 0 saturated heterocycles. The molecule has 5 nitrogen and oxygen atoms in total. The zero-order valence-electron chi connectivity index (χ0n) is 12.0. The number of rotatable bonds is 5. The summed E-state index contributed by atoms with van der Waals surface area (Å²) in [6.45, 7) is 3.75. The fourth-order valence-electron chi connectivity index (χ4n) is 1.61. The van der Waals surface area contributed by atoms with E-state index < -0.39 is 0 Å². The lowest BCUT2D eigenvalue weighted by Crippen LogP contribution is -2.21. The summed E-state index contributed by atoms with van der Waals surface area (Å²) in [5.74, 6) is -0.263. The Kier molecular flexibility index (Phi) is 7.87. The molecule has 1 aromatic rings. The van der Waals surface area contributed by atoms with Gasteiger partial charge in [0.05, 0.1) is 0 Å². The highest BCUT2D eigenvalue weighted by Gasteiger charge is 2.09. The number of halogens is 1. The third-order valence-corrected chi connectivity index (χ3v) is 2.83. The van der Waals surface area contributed by atoms with E-state index in [-0.39, 0.29) is 30.3 Å². The summed E-state index contributed by atoms with van der Waals surface area (Å²) in [6, 6.07) is 5.22. The molecule has 0 heterocycles. The van der Waals surface area contributed by atoms with Crippen LogP contribution in [0.5, 0.6) is 0 Å². The van der Waals surface area contributed by atoms with E-state index in [1.165, 1.54) is 0 Å². The van der Waals surface area contributed by atoms with Gasteiger partial charge in [0.25, 0.3) is 5.91 Å². The molecule has 112 valence electrons. The van der Waals surface area contributed by atoms with Crippen LogP contribution in [0.2, 0.25) is 0 Å². The second kappa shape index (κ2) is 8.55. The van der Waals surface area contributed by atoms with Crippen LogP contribution in [0.3, 0.4) is 0 Å². The van der Waals surface area contributed by atoms with Crippen molar-refractivity contribution in [3.8, 4) is 0 Å². The molecule has 1 unspecified atom stereocenters. The molecule has 0 bridgehead atoms. The van der Waals surface area contributed by atoms with Crippen molar-refractivity contribution in [1.29, 1.82) is 0 Å². The van der Waals surface area contributed by atoms with Crippen LogP contribution >= 0.6 is 12.4 Å². The van der Waals surface area contributed by atoms with E-state index >= 15 is 0 Å². The molecule has 0 aliphatic rings. The second-order valence-electron chi connectivity index (χ2n) is 4.67. The quantitative estimate of drug-likeness (QED) is 0.775. The highest BCUT2D eigenvalue weighted by molar-refractivity contribution is 5.97. The molecule has 0 radical (unpaired) electrons. The van der Waals surface area contributed by atoms with Crippen LogP contribution in [0, 0.1) is 6.92 Å². The van der Waals surface area contributed by atoms with Gasteiger partial charge in [0, 0.05) is 30.8 Å². The van der Waals surface area contributed by atoms with E-state index in [0.29, 0.717) is 24.1 Å². The molecular weight excluding hydrogens is 278 g/mol. The van der Waals surface area contributed by atoms with Gasteiger partial charge in [-0.25, -0.2) is 0 Å². The van der Waals surface area contributed by atoms with Crippen LogP contribution < -0.4 is 16.4 Å². The maximum Gasteiger partial charge on any atom is 0.251 e. The minimum absolute atomic E-state index is 0. The van der Waals surface area contributed by atoms with Gasteiger partial charge in [0.15, 0.2) is 0 Å². The molecule has 1 aromatic carbocycles. The number of hydrogen-bond donors (Lipinski definition) is 3. The molecule has 0 aliphatic carbocycles. The Morgan fingerprint density at radius 3 is 2.55 bits per heavy atom. The summed E-state index contributed by atoms with van der Waals surface area (Å²) in [7, 11) is 1.57. The molecule has 6 heteroatoms. The molecular formula is C14H22ClN3O2. The van der Waals surface area contributed by atoms with Gasteiger partial charge >= 0.3 is 0 Å². The molecule has 20 heavy (non-hydrogen) atoms. The lowest BCUT2D eigenvalue weighted by atomic mass is 10.1. The number of amides is 2. The van der Waals surface area contributed by atoms with E-state index in [2.05, 4.69) is 10.6 Å². The topological polar surface area (TPSA) is 84.2 Å². The Morgan fingerprint density at radius 2 is 2.00 bits per heavy atom. The zero-order chi connectivity index (χ0) is 14.4. The molecule has 1 rings (SSSR count). The first-order chi connectivity index (χ1) is 8.93. The number of carbonyl (C=O) groups excluding carboxylic acids is 2. The third kappa shape index (κ3) is 5.59. The van der Waals surface area contributed by atoms with E-state index in [9.17, 15) is 9.59 Å². The number of hydrogen-bond acceptors (Lipinski definition) is 3. The lowest BCUT2D eigenvalue weighted by Gasteiger charge is -2.11. The highest BCUT2D eigenvalue weighted by atomic mass is 35.5. The minimum Gasteiger partial charge on any atom is -0.355 e. The van der Waals surface area contributed by atoms with Crippen LogP contribution in [0.15, 0.2) is 18.2 Å². The Bertz CT molecular complexity index is 475. The first kappa shape index (κ1) is 18.4. The van der Waals surface area contributed by atoms with Gasteiger partial charge in [-0.1, -0.05) is 6.07 Å². The number of aryl methyl sites for hydroxylation is 1. The van der Waals surface area contributed by atoms with E-state index in [4.69, 9.17) is 5.73 Å². The van der Waals surface area contributed by atoms with Crippen LogP contribution in [0.25, 0.3) is 0 Å². The van der Waals surface area contributed by atoms with Crippen molar-refractivity contribution in [1.82, 2.24) is 5.32 Å². The Labute approximate surface area is 125 Å².